The molecule has 0 atom stereocenters. The van der Waals surface area contributed by atoms with Gasteiger partial charge in [-0.2, -0.15) is 0 Å². The van der Waals surface area contributed by atoms with Crippen LogP contribution in [0.15, 0.2) is 41.4 Å². The minimum Gasteiger partial charge on any atom is -0.367 e. The highest BCUT2D eigenvalue weighted by molar-refractivity contribution is 6.00. The molecule has 1 heterocycles. The van der Waals surface area contributed by atoms with E-state index in [2.05, 4.69) is 9.89 Å². The van der Waals surface area contributed by atoms with E-state index in [0.29, 0.717) is 24.3 Å². The Balaban J connectivity index is 1.91. The summed E-state index contributed by atoms with van der Waals surface area (Å²) >= 11 is 0. The van der Waals surface area contributed by atoms with Gasteiger partial charge in [0.25, 0.3) is 5.91 Å². The summed E-state index contributed by atoms with van der Waals surface area (Å²) in [7, 11) is 2.01. The predicted molar refractivity (Wildman–Crippen MR) is 98.3 cm³/mol. The molecule has 7 heteroatoms. The van der Waals surface area contributed by atoms with Crippen molar-refractivity contribution in [3.8, 4) is 0 Å². The number of piperazine rings is 1. The fraction of sp³-hybridized carbons (Fsp3) is 0.263. The molecule has 1 aliphatic heterocycles. The van der Waals surface area contributed by atoms with Gasteiger partial charge < -0.3 is 15.5 Å². The summed E-state index contributed by atoms with van der Waals surface area (Å²) in [5, 5.41) is 0. The Morgan fingerprint density at radius 1 is 1.12 bits per heavy atom. The summed E-state index contributed by atoms with van der Waals surface area (Å²) in [5.74, 6) is -1.49. The molecule has 0 spiro atoms. The van der Waals surface area contributed by atoms with Crippen LogP contribution >= 0.6 is 0 Å². The molecule has 0 bridgehead atoms. The van der Waals surface area contributed by atoms with Gasteiger partial charge in [-0.15, -0.1) is 0 Å². The van der Waals surface area contributed by atoms with Crippen LogP contribution in [-0.4, -0.2) is 50.2 Å². The van der Waals surface area contributed by atoms with E-state index >= 15 is 0 Å². The lowest BCUT2D eigenvalue weighted by Crippen LogP contribution is -2.44. The third kappa shape index (κ3) is 4.05. The molecule has 26 heavy (non-hydrogen) atoms. The lowest BCUT2D eigenvalue weighted by molar-refractivity contribution is 0.100. The molecule has 2 N–H and O–H groups in total. The monoisotopic (exact) mass is 358 g/mol. The molecule has 1 fully saturated rings. The van der Waals surface area contributed by atoms with Gasteiger partial charge in [-0.1, -0.05) is 12.1 Å². The van der Waals surface area contributed by atoms with Crippen LogP contribution in [0.1, 0.15) is 15.9 Å². The van der Waals surface area contributed by atoms with Crippen molar-refractivity contribution in [1.82, 2.24) is 4.90 Å². The SMILES string of the molecule is CN1CCN(c2cc(C(N)=O)c(N=Cc3ccc(F)cc3)cc2F)CC1. The maximum atomic E-state index is 14.6. The third-order valence-electron chi connectivity index (χ3n) is 4.40. The van der Waals surface area contributed by atoms with Gasteiger partial charge in [0.1, 0.15) is 11.6 Å². The number of hydrogen-bond donors (Lipinski definition) is 1. The van der Waals surface area contributed by atoms with Crippen molar-refractivity contribution >= 4 is 23.5 Å². The van der Waals surface area contributed by atoms with E-state index in [4.69, 9.17) is 5.73 Å². The molecule has 3 rings (SSSR count). The lowest BCUT2D eigenvalue weighted by Gasteiger charge is -2.34. The first kappa shape index (κ1) is 18.0. The molecular formula is C19H20F2N4O. The lowest BCUT2D eigenvalue weighted by atomic mass is 10.1. The van der Waals surface area contributed by atoms with E-state index in [1.807, 2.05) is 11.9 Å². The maximum absolute atomic E-state index is 14.6. The van der Waals surface area contributed by atoms with Crippen molar-refractivity contribution in [2.24, 2.45) is 10.7 Å². The number of amides is 1. The molecule has 1 saturated heterocycles. The molecule has 2 aromatic carbocycles. The first-order valence-electron chi connectivity index (χ1n) is 8.30. The Morgan fingerprint density at radius 3 is 2.38 bits per heavy atom. The second-order valence-electron chi connectivity index (χ2n) is 6.29. The normalized spacial score (nSPS) is 15.6. The number of carbonyl (C=O) groups is 1. The number of anilines is 1. The summed E-state index contributed by atoms with van der Waals surface area (Å²) in [6.07, 6.45) is 1.44. The van der Waals surface area contributed by atoms with Crippen molar-refractivity contribution < 1.29 is 13.6 Å². The highest BCUT2D eigenvalue weighted by Crippen LogP contribution is 2.29. The largest absolute Gasteiger partial charge is 0.367 e. The number of halogens is 2. The number of nitrogens with two attached hydrogens (primary N) is 1. The fourth-order valence-corrected chi connectivity index (χ4v) is 2.84. The number of rotatable bonds is 4. The number of primary amides is 1. The van der Waals surface area contributed by atoms with E-state index in [1.165, 1.54) is 42.6 Å². The van der Waals surface area contributed by atoms with E-state index in [0.717, 1.165) is 13.1 Å². The molecule has 5 nitrogen and oxygen atoms in total. The van der Waals surface area contributed by atoms with Crippen LogP contribution in [0.5, 0.6) is 0 Å². The Labute approximate surface area is 150 Å². The van der Waals surface area contributed by atoms with Gasteiger partial charge in [-0.25, -0.2) is 8.78 Å². The van der Waals surface area contributed by atoms with Crippen LogP contribution in [-0.2, 0) is 0 Å². The average molecular weight is 358 g/mol. The second-order valence-corrected chi connectivity index (χ2v) is 6.29. The highest BCUT2D eigenvalue weighted by Gasteiger charge is 2.20. The summed E-state index contributed by atoms with van der Waals surface area (Å²) in [5.41, 5.74) is 6.75. The van der Waals surface area contributed by atoms with E-state index < -0.39 is 11.7 Å². The minimum atomic E-state index is -0.674. The molecule has 0 radical (unpaired) electrons. The first-order valence-corrected chi connectivity index (χ1v) is 8.30. The molecule has 1 aliphatic rings. The van der Waals surface area contributed by atoms with Gasteiger partial charge in [-0.05, 0) is 30.8 Å². The number of likely N-dealkylation sites (N-methyl/N-ethyl adjacent to an activating group) is 1. The summed E-state index contributed by atoms with van der Waals surface area (Å²) in [6, 6.07) is 8.35. The molecule has 0 aromatic heterocycles. The van der Waals surface area contributed by atoms with Gasteiger partial charge in [-0.3, -0.25) is 9.79 Å². The van der Waals surface area contributed by atoms with Gasteiger partial charge in [0.05, 0.1) is 16.9 Å². The number of benzene rings is 2. The van der Waals surface area contributed by atoms with E-state index in [9.17, 15) is 13.6 Å². The molecule has 0 unspecified atom stereocenters. The van der Waals surface area contributed by atoms with Crippen molar-refractivity contribution in [2.45, 2.75) is 0 Å². The van der Waals surface area contributed by atoms with Crippen LogP contribution in [0.3, 0.4) is 0 Å². The second kappa shape index (κ2) is 7.61. The van der Waals surface area contributed by atoms with Crippen LogP contribution in [0.2, 0.25) is 0 Å². The number of carbonyl (C=O) groups excluding carboxylic acids is 1. The Hall–Kier alpha value is -2.80. The van der Waals surface area contributed by atoms with E-state index in [1.54, 1.807) is 0 Å². The summed E-state index contributed by atoms with van der Waals surface area (Å²) < 4.78 is 27.6. The zero-order valence-corrected chi connectivity index (χ0v) is 14.5. The average Bonchev–Trinajstić information content (AvgIpc) is 2.62. The van der Waals surface area contributed by atoms with Crippen molar-refractivity contribution in [3.05, 3.63) is 59.2 Å². The standard InChI is InChI=1S/C19H20F2N4O/c1-24-6-8-25(9-7-24)18-10-15(19(22)26)17(11-16(18)21)23-12-13-2-4-14(20)5-3-13/h2-5,10-12H,6-9H2,1H3,(H2,22,26). The highest BCUT2D eigenvalue weighted by atomic mass is 19.1. The quantitative estimate of drug-likeness (QED) is 0.855. The topological polar surface area (TPSA) is 61.9 Å². The first-order chi connectivity index (χ1) is 12.4. The van der Waals surface area contributed by atoms with Crippen LogP contribution < -0.4 is 10.6 Å². The van der Waals surface area contributed by atoms with Gasteiger partial charge >= 0.3 is 0 Å². The molecule has 0 saturated carbocycles. The van der Waals surface area contributed by atoms with Gasteiger partial charge in [0, 0.05) is 38.5 Å². The zero-order chi connectivity index (χ0) is 18.7. The smallest absolute Gasteiger partial charge is 0.250 e. The van der Waals surface area contributed by atoms with Gasteiger partial charge in [0.2, 0.25) is 0 Å². The maximum Gasteiger partial charge on any atom is 0.250 e. The number of nitrogens with zero attached hydrogens (tertiary/aromatic N) is 3. The Bertz CT molecular complexity index is 828. The van der Waals surface area contributed by atoms with Crippen molar-refractivity contribution in [2.75, 3.05) is 38.1 Å². The van der Waals surface area contributed by atoms with Crippen molar-refractivity contribution in [3.63, 3.8) is 0 Å². The van der Waals surface area contributed by atoms with Crippen LogP contribution in [0.25, 0.3) is 0 Å². The molecule has 0 aliphatic carbocycles. The van der Waals surface area contributed by atoms with Gasteiger partial charge in [0.15, 0.2) is 0 Å². The molecular weight excluding hydrogens is 338 g/mol. The predicted octanol–water partition coefficient (Wildman–Crippen LogP) is 2.57. The van der Waals surface area contributed by atoms with Crippen molar-refractivity contribution in [1.29, 1.82) is 0 Å². The third-order valence-corrected chi connectivity index (χ3v) is 4.40. The fourth-order valence-electron chi connectivity index (χ4n) is 2.84. The minimum absolute atomic E-state index is 0.150. The Kier molecular flexibility index (Phi) is 5.27. The van der Waals surface area contributed by atoms with Crippen LogP contribution in [0.4, 0.5) is 20.2 Å². The summed E-state index contributed by atoms with van der Waals surface area (Å²) in [4.78, 5) is 20.1. The number of hydrogen-bond acceptors (Lipinski definition) is 4. The summed E-state index contributed by atoms with van der Waals surface area (Å²) in [6.45, 7) is 2.97. The van der Waals surface area contributed by atoms with E-state index in [-0.39, 0.29) is 17.1 Å². The van der Waals surface area contributed by atoms with Crippen LogP contribution in [0, 0.1) is 11.6 Å². The number of aliphatic imine (C=N–C) groups is 1. The molecule has 1 amide bonds. The molecule has 136 valence electrons. The molecule has 2 aromatic rings. The zero-order valence-electron chi connectivity index (χ0n) is 14.5. The Morgan fingerprint density at radius 2 is 1.77 bits per heavy atom.